The SMILES string of the molecule is CC#CC(/C=C(C)\C=C/C)C(C)/C=C/C(=O)Nc1ccc(C)cc1. The van der Waals surface area contributed by atoms with Crippen molar-refractivity contribution in [2.75, 3.05) is 5.32 Å². The lowest BCUT2D eigenvalue weighted by molar-refractivity contribution is -0.111. The van der Waals surface area contributed by atoms with Crippen molar-refractivity contribution >= 4 is 11.6 Å². The lowest BCUT2D eigenvalue weighted by Crippen LogP contribution is -2.10. The fraction of sp³-hybridized carbons (Fsp3) is 0.318. The van der Waals surface area contributed by atoms with Crippen molar-refractivity contribution in [3.8, 4) is 11.8 Å². The molecule has 0 fully saturated rings. The van der Waals surface area contributed by atoms with Gasteiger partial charge < -0.3 is 5.32 Å². The van der Waals surface area contributed by atoms with Gasteiger partial charge in [0.05, 0.1) is 0 Å². The van der Waals surface area contributed by atoms with Gasteiger partial charge in [-0.15, -0.1) is 5.92 Å². The molecule has 0 aliphatic heterocycles. The van der Waals surface area contributed by atoms with E-state index in [4.69, 9.17) is 0 Å². The summed E-state index contributed by atoms with van der Waals surface area (Å²) in [5, 5.41) is 2.87. The van der Waals surface area contributed by atoms with Crippen molar-refractivity contribution in [1.29, 1.82) is 0 Å². The Labute approximate surface area is 146 Å². The molecule has 2 atom stereocenters. The number of anilines is 1. The lowest BCUT2D eigenvalue weighted by atomic mass is 9.92. The van der Waals surface area contributed by atoms with Crippen LogP contribution >= 0.6 is 0 Å². The van der Waals surface area contributed by atoms with Crippen LogP contribution in [-0.4, -0.2) is 5.91 Å². The van der Waals surface area contributed by atoms with Crippen molar-refractivity contribution in [2.45, 2.75) is 34.6 Å². The monoisotopic (exact) mass is 321 g/mol. The van der Waals surface area contributed by atoms with E-state index in [2.05, 4.69) is 43.2 Å². The van der Waals surface area contributed by atoms with E-state index in [1.54, 1.807) is 6.08 Å². The average Bonchev–Trinajstić information content (AvgIpc) is 2.54. The van der Waals surface area contributed by atoms with Crippen molar-refractivity contribution < 1.29 is 4.79 Å². The standard InChI is InChI=1S/C22H27NO/c1-6-8-18(4)16-20(9-7-2)19(5)12-15-22(24)23-21-13-10-17(3)11-14-21/h6,8,10-16,19-20H,1-5H3,(H,23,24)/b8-6-,15-12+,18-16-. The second-order valence-electron chi connectivity index (χ2n) is 5.90. The normalized spacial score (nSPS) is 14.3. The summed E-state index contributed by atoms with van der Waals surface area (Å²) in [6, 6.07) is 7.76. The second kappa shape index (κ2) is 10.3. The molecule has 1 aromatic carbocycles. The predicted molar refractivity (Wildman–Crippen MR) is 104 cm³/mol. The molecule has 0 aromatic heterocycles. The Morgan fingerprint density at radius 3 is 2.46 bits per heavy atom. The quantitative estimate of drug-likeness (QED) is 0.430. The third-order valence-corrected chi connectivity index (χ3v) is 3.62. The van der Waals surface area contributed by atoms with Crippen molar-refractivity contribution in [3.05, 3.63) is 65.8 Å². The molecular formula is C22H27NO. The number of allylic oxidation sites excluding steroid dienone is 5. The van der Waals surface area contributed by atoms with Crippen LogP contribution in [0, 0.1) is 30.6 Å². The van der Waals surface area contributed by atoms with E-state index >= 15 is 0 Å². The number of hydrogen-bond acceptors (Lipinski definition) is 1. The smallest absolute Gasteiger partial charge is 0.248 e. The van der Waals surface area contributed by atoms with Gasteiger partial charge in [-0.1, -0.05) is 60.4 Å². The van der Waals surface area contributed by atoms with Gasteiger partial charge in [-0.05, 0) is 51.8 Å². The van der Waals surface area contributed by atoms with E-state index in [9.17, 15) is 4.79 Å². The molecule has 126 valence electrons. The van der Waals surface area contributed by atoms with Crippen LogP contribution in [-0.2, 0) is 4.79 Å². The maximum Gasteiger partial charge on any atom is 0.248 e. The molecular weight excluding hydrogens is 294 g/mol. The average molecular weight is 321 g/mol. The zero-order chi connectivity index (χ0) is 17.9. The summed E-state index contributed by atoms with van der Waals surface area (Å²) < 4.78 is 0. The number of carbonyl (C=O) groups excluding carboxylic acids is 1. The number of hydrogen-bond donors (Lipinski definition) is 1. The highest BCUT2D eigenvalue weighted by molar-refractivity contribution is 5.99. The number of aryl methyl sites for hydroxylation is 1. The minimum atomic E-state index is -0.122. The van der Waals surface area contributed by atoms with Gasteiger partial charge in [0.1, 0.15) is 0 Å². The molecule has 2 nitrogen and oxygen atoms in total. The van der Waals surface area contributed by atoms with Crippen LogP contribution in [0.5, 0.6) is 0 Å². The first-order chi connectivity index (χ1) is 11.5. The minimum absolute atomic E-state index is 0.0922. The molecule has 2 heteroatoms. The van der Waals surface area contributed by atoms with E-state index in [0.717, 1.165) is 5.69 Å². The predicted octanol–water partition coefficient (Wildman–Crippen LogP) is 5.29. The molecule has 0 aliphatic rings. The molecule has 0 aliphatic carbocycles. The van der Waals surface area contributed by atoms with Crippen LogP contribution in [0.2, 0.25) is 0 Å². The van der Waals surface area contributed by atoms with E-state index < -0.39 is 0 Å². The Hall–Kier alpha value is -2.53. The van der Waals surface area contributed by atoms with Crippen molar-refractivity contribution in [1.82, 2.24) is 0 Å². The summed E-state index contributed by atoms with van der Waals surface area (Å²) >= 11 is 0. The second-order valence-corrected chi connectivity index (χ2v) is 5.90. The first kappa shape index (κ1) is 19.5. The lowest BCUT2D eigenvalue weighted by Gasteiger charge is -2.12. The Kier molecular flexibility index (Phi) is 8.36. The topological polar surface area (TPSA) is 29.1 Å². The van der Waals surface area contributed by atoms with E-state index in [-0.39, 0.29) is 17.7 Å². The molecule has 1 amide bonds. The van der Waals surface area contributed by atoms with E-state index in [1.165, 1.54) is 11.1 Å². The molecule has 24 heavy (non-hydrogen) atoms. The minimum Gasteiger partial charge on any atom is -0.323 e. The van der Waals surface area contributed by atoms with Gasteiger partial charge >= 0.3 is 0 Å². The zero-order valence-electron chi connectivity index (χ0n) is 15.3. The molecule has 1 aromatic rings. The largest absolute Gasteiger partial charge is 0.323 e. The summed E-state index contributed by atoms with van der Waals surface area (Å²) in [7, 11) is 0. The van der Waals surface area contributed by atoms with Crippen LogP contribution in [0.25, 0.3) is 0 Å². The molecule has 0 radical (unpaired) electrons. The van der Waals surface area contributed by atoms with Crippen LogP contribution < -0.4 is 5.32 Å². The highest BCUT2D eigenvalue weighted by Crippen LogP contribution is 2.17. The Morgan fingerprint density at radius 2 is 1.88 bits per heavy atom. The molecule has 0 heterocycles. The molecule has 0 saturated carbocycles. The number of benzene rings is 1. The molecule has 0 spiro atoms. The first-order valence-electron chi connectivity index (χ1n) is 8.25. The number of amides is 1. The van der Waals surface area contributed by atoms with Gasteiger partial charge in [-0.2, -0.15) is 0 Å². The molecule has 0 bridgehead atoms. The van der Waals surface area contributed by atoms with E-state index in [1.807, 2.05) is 57.2 Å². The third-order valence-electron chi connectivity index (χ3n) is 3.62. The highest BCUT2D eigenvalue weighted by atomic mass is 16.1. The fourth-order valence-corrected chi connectivity index (χ4v) is 2.27. The summed E-state index contributed by atoms with van der Waals surface area (Å²) in [5.41, 5.74) is 3.15. The summed E-state index contributed by atoms with van der Waals surface area (Å²) in [6.45, 7) is 9.99. The maximum atomic E-state index is 12.0. The summed E-state index contributed by atoms with van der Waals surface area (Å²) in [4.78, 5) is 12.0. The first-order valence-corrected chi connectivity index (χ1v) is 8.25. The third kappa shape index (κ3) is 7.15. The summed E-state index contributed by atoms with van der Waals surface area (Å²) in [6.07, 6.45) is 9.72. The zero-order valence-corrected chi connectivity index (χ0v) is 15.3. The Balaban J connectivity index is 2.74. The van der Waals surface area contributed by atoms with Gasteiger partial charge in [0.15, 0.2) is 0 Å². The molecule has 2 unspecified atom stereocenters. The van der Waals surface area contributed by atoms with Gasteiger partial charge in [0.25, 0.3) is 0 Å². The van der Waals surface area contributed by atoms with E-state index in [0.29, 0.717) is 0 Å². The Bertz CT molecular complexity index is 681. The number of rotatable bonds is 6. The number of nitrogens with one attached hydrogen (secondary N) is 1. The summed E-state index contributed by atoms with van der Waals surface area (Å²) in [5.74, 6) is 6.31. The fourth-order valence-electron chi connectivity index (χ4n) is 2.27. The van der Waals surface area contributed by atoms with Crippen LogP contribution in [0.1, 0.15) is 33.3 Å². The maximum absolute atomic E-state index is 12.0. The number of carbonyl (C=O) groups is 1. The van der Waals surface area contributed by atoms with Crippen LogP contribution in [0.3, 0.4) is 0 Å². The van der Waals surface area contributed by atoms with Gasteiger partial charge in [-0.3, -0.25) is 4.79 Å². The van der Waals surface area contributed by atoms with Gasteiger partial charge in [0.2, 0.25) is 5.91 Å². The molecule has 1 rings (SSSR count). The molecule has 1 N–H and O–H groups in total. The molecule has 0 saturated heterocycles. The van der Waals surface area contributed by atoms with Crippen molar-refractivity contribution in [3.63, 3.8) is 0 Å². The van der Waals surface area contributed by atoms with Gasteiger partial charge in [0, 0.05) is 11.6 Å². The van der Waals surface area contributed by atoms with Crippen molar-refractivity contribution in [2.24, 2.45) is 11.8 Å². The Morgan fingerprint density at radius 1 is 1.21 bits per heavy atom. The van der Waals surface area contributed by atoms with Gasteiger partial charge in [-0.25, -0.2) is 0 Å². The van der Waals surface area contributed by atoms with Crippen LogP contribution in [0.4, 0.5) is 5.69 Å². The highest BCUT2D eigenvalue weighted by Gasteiger charge is 2.10. The van der Waals surface area contributed by atoms with Crippen LogP contribution in [0.15, 0.2) is 60.2 Å².